The van der Waals surface area contributed by atoms with E-state index in [4.69, 9.17) is 11.6 Å². The highest BCUT2D eigenvalue weighted by Gasteiger charge is 2.14. The number of nitrogens with one attached hydrogen (secondary N) is 1. The fraction of sp³-hybridized carbons (Fsp3) is 0.0769. The molecular formula is C13H12ClNO2S3. The molecule has 0 amide bonds. The summed E-state index contributed by atoms with van der Waals surface area (Å²) in [5.74, 6) is 0. The first-order chi connectivity index (χ1) is 9.53. The molecule has 0 bridgehead atoms. The van der Waals surface area contributed by atoms with Crippen LogP contribution in [-0.2, 0) is 10.0 Å². The molecule has 1 N–H and O–H groups in total. The molecule has 0 saturated carbocycles. The molecule has 0 aliphatic carbocycles. The van der Waals surface area contributed by atoms with Crippen LogP contribution < -0.4 is 4.13 Å². The second-order valence-corrected chi connectivity index (χ2v) is 7.87. The fourth-order valence-corrected chi connectivity index (χ4v) is 4.61. The van der Waals surface area contributed by atoms with Crippen molar-refractivity contribution in [1.29, 1.82) is 0 Å². The molecule has 2 aromatic carbocycles. The summed E-state index contributed by atoms with van der Waals surface area (Å²) in [6.45, 7) is 0. The Labute approximate surface area is 132 Å². The van der Waals surface area contributed by atoms with Gasteiger partial charge in [0.25, 0.3) is 0 Å². The second-order valence-electron chi connectivity index (χ2n) is 3.80. The zero-order chi connectivity index (χ0) is 14.6. The number of benzene rings is 2. The second kappa shape index (κ2) is 6.87. The molecule has 2 aromatic rings. The third-order valence-corrected chi connectivity index (χ3v) is 6.26. The standard InChI is InChI=1S/C13H12ClNO2S3/c1-18-12-8-7-10(14)9-13(12)19-15-20(16,17)11-5-3-2-4-6-11/h2-9,15H,1H3. The van der Waals surface area contributed by atoms with Crippen molar-refractivity contribution in [3.8, 4) is 0 Å². The van der Waals surface area contributed by atoms with Crippen molar-refractivity contribution in [2.75, 3.05) is 6.26 Å². The molecule has 0 fully saturated rings. The molecule has 0 saturated heterocycles. The fourth-order valence-electron chi connectivity index (χ4n) is 1.48. The van der Waals surface area contributed by atoms with Gasteiger partial charge in [-0.1, -0.05) is 29.8 Å². The van der Waals surface area contributed by atoms with Gasteiger partial charge in [0, 0.05) is 14.8 Å². The monoisotopic (exact) mass is 345 g/mol. The number of halogens is 1. The molecule has 3 nitrogen and oxygen atoms in total. The first-order valence-corrected chi connectivity index (χ1v) is 9.50. The van der Waals surface area contributed by atoms with Crippen molar-refractivity contribution in [3.05, 3.63) is 53.6 Å². The lowest BCUT2D eigenvalue weighted by molar-refractivity contribution is 0.594. The van der Waals surface area contributed by atoms with E-state index in [-0.39, 0.29) is 4.90 Å². The maximum atomic E-state index is 12.1. The Morgan fingerprint density at radius 1 is 1.05 bits per heavy atom. The summed E-state index contributed by atoms with van der Waals surface area (Å²) in [4.78, 5) is 1.99. The van der Waals surface area contributed by atoms with Crippen LogP contribution >= 0.6 is 35.3 Å². The Morgan fingerprint density at radius 3 is 2.40 bits per heavy atom. The molecule has 7 heteroatoms. The summed E-state index contributed by atoms with van der Waals surface area (Å²) >= 11 is 8.52. The predicted octanol–water partition coefficient (Wildman–Crippen LogP) is 4.05. The van der Waals surface area contributed by atoms with E-state index in [2.05, 4.69) is 4.13 Å². The summed E-state index contributed by atoms with van der Waals surface area (Å²) < 4.78 is 26.7. The van der Waals surface area contributed by atoms with Crippen LogP contribution in [0, 0.1) is 0 Å². The van der Waals surface area contributed by atoms with Gasteiger partial charge in [-0.2, -0.15) is 0 Å². The molecule has 0 unspecified atom stereocenters. The van der Waals surface area contributed by atoms with Crippen LogP contribution in [0.1, 0.15) is 0 Å². The quantitative estimate of drug-likeness (QED) is 0.656. The molecule has 20 heavy (non-hydrogen) atoms. The van der Waals surface area contributed by atoms with Crippen LogP contribution in [0.3, 0.4) is 0 Å². The lowest BCUT2D eigenvalue weighted by atomic mass is 10.4. The van der Waals surface area contributed by atoms with Gasteiger partial charge in [-0.05, 0) is 48.5 Å². The third kappa shape index (κ3) is 3.93. The summed E-state index contributed by atoms with van der Waals surface area (Å²) in [7, 11) is -3.54. The van der Waals surface area contributed by atoms with Crippen LogP contribution in [0.4, 0.5) is 0 Å². The third-order valence-electron chi connectivity index (χ3n) is 2.44. The number of sulfonamides is 1. The Kier molecular flexibility index (Phi) is 5.40. The largest absolute Gasteiger partial charge is 0.250 e. The van der Waals surface area contributed by atoms with Gasteiger partial charge < -0.3 is 0 Å². The molecule has 106 valence electrons. The first kappa shape index (κ1) is 15.7. The van der Waals surface area contributed by atoms with Crippen molar-refractivity contribution in [2.24, 2.45) is 0 Å². The maximum Gasteiger partial charge on any atom is 0.250 e. The Hall–Kier alpha value is -0.660. The zero-order valence-electron chi connectivity index (χ0n) is 10.5. The van der Waals surface area contributed by atoms with E-state index in [1.165, 1.54) is 11.8 Å². The molecule has 0 aromatic heterocycles. The van der Waals surface area contributed by atoms with Crippen LogP contribution in [0.5, 0.6) is 0 Å². The van der Waals surface area contributed by atoms with Crippen molar-refractivity contribution < 1.29 is 8.42 Å². The number of hydrogen-bond donors (Lipinski definition) is 1. The number of rotatable bonds is 5. The molecule has 0 atom stereocenters. The van der Waals surface area contributed by atoms with E-state index >= 15 is 0 Å². The van der Waals surface area contributed by atoms with Gasteiger partial charge in [0.1, 0.15) is 0 Å². The van der Waals surface area contributed by atoms with Gasteiger partial charge >= 0.3 is 0 Å². The highest BCUT2D eigenvalue weighted by molar-refractivity contribution is 8.09. The number of hydrogen-bond acceptors (Lipinski definition) is 4. The molecule has 2 rings (SSSR count). The van der Waals surface area contributed by atoms with E-state index < -0.39 is 10.0 Å². The van der Waals surface area contributed by atoms with Crippen LogP contribution in [0.25, 0.3) is 0 Å². The minimum atomic E-state index is -3.54. The highest BCUT2D eigenvalue weighted by Crippen LogP contribution is 2.31. The minimum Gasteiger partial charge on any atom is -0.206 e. The highest BCUT2D eigenvalue weighted by atomic mass is 35.5. The number of thioether (sulfide) groups is 1. The van der Waals surface area contributed by atoms with E-state index in [0.29, 0.717) is 5.02 Å². The van der Waals surface area contributed by atoms with Gasteiger partial charge in [0.2, 0.25) is 10.0 Å². The average Bonchev–Trinajstić information content (AvgIpc) is 2.46. The Bertz CT molecular complexity index is 690. The van der Waals surface area contributed by atoms with Gasteiger partial charge in [0.05, 0.1) is 4.90 Å². The van der Waals surface area contributed by atoms with E-state index in [1.807, 2.05) is 12.3 Å². The summed E-state index contributed by atoms with van der Waals surface area (Å²) in [6.07, 6.45) is 1.93. The van der Waals surface area contributed by atoms with Crippen LogP contribution in [0.2, 0.25) is 5.02 Å². The van der Waals surface area contributed by atoms with Crippen LogP contribution in [0.15, 0.2) is 63.2 Å². The van der Waals surface area contributed by atoms with Gasteiger partial charge in [-0.3, -0.25) is 0 Å². The lowest BCUT2D eigenvalue weighted by Crippen LogP contribution is -2.16. The minimum absolute atomic E-state index is 0.236. The zero-order valence-corrected chi connectivity index (χ0v) is 13.7. The Morgan fingerprint density at radius 2 is 1.75 bits per heavy atom. The van der Waals surface area contributed by atoms with E-state index in [0.717, 1.165) is 21.7 Å². The van der Waals surface area contributed by atoms with Crippen molar-refractivity contribution in [1.82, 2.24) is 4.13 Å². The van der Waals surface area contributed by atoms with Crippen molar-refractivity contribution in [2.45, 2.75) is 14.7 Å². The molecule has 0 spiro atoms. The first-order valence-electron chi connectivity index (χ1n) is 5.60. The summed E-state index contributed by atoms with van der Waals surface area (Å²) in [5, 5.41) is 0.573. The SMILES string of the molecule is CSc1ccc(Cl)cc1SNS(=O)(=O)c1ccccc1. The summed E-state index contributed by atoms with van der Waals surface area (Å²) in [6, 6.07) is 13.6. The topological polar surface area (TPSA) is 46.2 Å². The van der Waals surface area contributed by atoms with Crippen LogP contribution in [-0.4, -0.2) is 14.7 Å². The molecule has 0 aliphatic heterocycles. The van der Waals surface area contributed by atoms with Gasteiger partial charge in [-0.15, -0.1) is 15.9 Å². The molecular weight excluding hydrogens is 334 g/mol. The Balaban J connectivity index is 2.19. The van der Waals surface area contributed by atoms with E-state index in [9.17, 15) is 8.42 Å². The molecule has 0 aliphatic rings. The lowest BCUT2D eigenvalue weighted by Gasteiger charge is -2.09. The van der Waals surface area contributed by atoms with Gasteiger partial charge in [0.15, 0.2) is 0 Å². The van der Waals surface area contributed by atoms with Gasteiger partial charge in [-0.25, -0.2) is 8.42 Å². The summed E-state index contributed by atoms with van der Waals surface area (Å²) in [5.41, 5.74) is 0. The molecule has 0 heterocycles. The normalized spacial score (nSPS) is 11.5. The average molecular weight is 346 g/mol. The predicted molar refractivity (Wildman–Crippen MR) is 85.9 cm³/mol. The van der Waals surface area contributed by atoms with Crippen molar-refractivity contribution in [3.63, 3.8) is 0 Å². The molecule has 0 radical (unpaired) electrons. The smallest absolute Gasteiger partial charge is 0.206 e. The van der Waals surface area contributed by atoms with Crippen molar-refractivity contribution >= 4 is 45.3 Å². The maximum absolute atomic E-state index is 12.1. The van der Waals surface area contributed by atoms with E-state index in [1.54, 1.807) is 42.5 Å².